The number of sulfone groups is 1. The Kier molecular flexibility index (Phi) is 8.23. The maximum Gasteiger partial charge on any atom is 0.242 e. The minimum Gasteiger partial charge on any atom is -0.495 e. The number of rotatable bonds is 10. The van der Waals surface area contributed by atoms with Crippen LogP contribution in [0.1, 0.15) is 20.3 Å². The molecule has 9 heteroatoms. The number of para-hydroxylation sites is 4. The molecule has 0 spiro atoms. The van der Waals surface area contributed by atoms with Crippen LogP contribution in [0.15, 0.2) is 48.5 Å². The Hall–Kier alpha value is -3.07. The van der Waals surface area contributed by atoms with Crippen LogP contribution in [-0.4, -0.2) is 45.0 Å². The summed E-state index contributed by atoms with van der Waals surface area (Å²) >= 11 is 0. The molecule has 0 bridgehead atoms. The number of carbonyl (C=O) groups is 2. The van der Waals surface area contributed by atoms with Crippen LogP contribution in [0.5, 0.6) is 11.5 Å². The van der Waals surface area contributed by atoms with E-state index in [9.17, 15) is 18.0 Å². The first-order chi connectivity index (χ1) is 14.3. The van der Waals surface area contributed by atoms with Crippen molar-refractivity contribution in [3.8, 4) is 11.5 Å². The first-order valence-electron chi connectivity index (χ1n) is 9.49. The summed E-state index contributed by atoms with van der Waals surface area (Å²) in [6.45, 7) is 3.77. The average Bonchev–Trinajstić information content (AvgIpc) is 2.70. The van der Waals surface area contributed by atoms with E-state index >= 15 is 0 Å². The van der Waals surface area contributed by atoms with Gasteiger partial charge in [0, 0.05) is 0 Å². The molecule has 1 atom stereocenters. The molecule has 0 aliphatic heterocycles. The molecule has 2 aromatic carbocycles. The van der Waals surface area contributed by atoms with Crippen molar-refractivity contribution in [2.24, 2.45) is 0 Å². The van der Waals surface area contributed by atoms with Crippen LogP contribution >= 0.6 is 0 Å². The van der Waals surface area contributed by atoms with Gasteiger partial charge in [0.1, 0.15) is 22.5 Å². The number of nitrogens with one attached hydrogen (secondary N) is 2. The van der Waals surface area contributed by atoms with Crippen LogP contribution in [0, 0.1) is 0 Å². The summed E-state index contributed by atoms with van der Waals surface area (Å²) in [5, 5.41) is 3.74. The summed E-state index contributed by atoms with van der Waals surface area (Å²) in [6.07, 6.45) is 0.0200. The van der Waals surface area contributed by atoms with Gasteiger partial charge in [-0.15, -0.1) is 0 Å². The van der Waals surface area contributed by atoms with Gasteiger partial charge in [-0.05, 0) is 37.6 Å². The number of methoxy groups -OCH3 is 1. The van der Waals surface area contributed by atoms with Crippen LogP contribution in [0.2, 0.25) is 0 Å². The van der Waals surface area contributed by atoms with E-state index in [-0.39, 0.29) is 6.42 Å². The van der Waals surface area contributed by atoms with Gasteiger partial charge < -0.3 is 20.1 Å². The SMILES string of the molecule is CCOc1ccccc1NC(=O)CS(=O)(=O)C(CC)C(=O)Nc1ccccc1OC. The highest BCUT2D eigenvalue weighted by Gasteiger charge is 2.33. The third kappa shape index (κ3) is 5.96. The van der Waals surface area contributed by atoms with Crippen molar-refractivity contribution in [2.75, 3.05) is 30.1 Å². The van der Waals surface area contributed by atoms with E-state index in [4.69, 9.17) is 9.47 Å². The van der Waals surface area contributed by atoms with E-state index in [1.165, 1.54) is 7.11 Å². The molecule has 2 amide bonds. The zero-order chi connectivity index (χ0) is 22.1. The van der Waals surface area contributed by atoms with Gasteiger partial charge >= 0.3 is 0 Å². The third-order valence-electron chi connectivity index (χ3n) is 4.25. The predicted octanol–water partition coefficient (Wildman–Crippen LogP) is 2.86. The highest BCUT2D eigenvalue weighted by molar-refractivity contribution is 7.93. The Morgan fingerprint density at radius 1 is 0.933 bits per heavy atom. The van der Waals surface area contributed by atoms with Gasteiger partial charge in [-0.1, -0.05) is 31.2 Å². The molecule has 8 nitrogen and oxygen atoms in total. The van der Waals surface area contributed by atoms with Gasteiger partial charge in [-0.25, -0.2) is 8.42 Å². The number of anilines is 2. The van der Waals surface area contributed by atoms with Gasteiger partial charge in [0.2, 0.25) is 11.8 Å². The Morgan fingerprint density at radius 3 is 2.07 bits per heavy atom. The van der Waals surface area contributed by atoms with E-state index in [0.717, 1.165) is 0 Å². The topological polar surface area (TPSA) is 111 Å². The lowest BCUT2D eigenvalue weighted by atomic mass is 10.2. The maximum absolute atomic E-state index is 12.8. The van der Waals surface area contributed by atoms with E-state index in [1.807, 2.05) is 0 Å². The highest BCUT2D eigenvalue weighted by Crippen LogP contribution is 2.25. The van der Waals surface area contributed by atoms with E-state index < -0.39 is 32.7 Å². The Balaban J connectivity index is 2.12. The average molecular weight is 435 g/mol. The lowest BCUT2D eigenvalue weighted by molar-refractivity contribution is -0.115. The molecule has 2 aromatic rings. The minimum absolute atomic E-state index is 0.0200. The fourth-order valence-electron chi connectivity index (χ4n) is 2.88. The van der Waals surface area contributed by atoms with Crippen molar-refractivity contribution in [3.05, 3.63) is 48.5 Å². The van der Waals surface area contributed by atoms with Gasteiger partial charge in [-0.3, -0.25) is 9.59 Å². The highest BCUT2D eigenvalue weighted by atomic mass is 32.2. The molecule has 0 aliphatic rings. The number of ether oxygens (including phenoxy) is 2. The minimum atomic E-state index is -4.06. The molecule has 30 heavy (non-hydrogen) atoms. The monoisotopic (exact) mass is 434 g/mol. The molecule has 0 saturated carbocycles. The van der Waals surface area contributed by atoms with Gasteiger partial charge in [0.25, 0.3) is 0 Å². The lowest BCUT2D eigenvalue weighted by Gasteiger charge is -2.17. The van der Waals surface area contributed by atoms with Gasteiger partial charge in [-0.2, -0.15) is 0 Å². The van der Waals surface area contributed by atoms with E-state index in [2.05, 4.69) is 10.6 Å². The normalized spacial score (nSPS) is 12.0. The second-order valence-electron chi connectivity index (χ2n) is 6.37. The van der Waals surface area contributed by atoms with Crippen molar-refractivity contribution < 1.29 is 27.5 Å². The first kappa shape index (κ1) is 23.2. The molecule has 0 radical (unpaired) electrons. The molecule has 2 N–H and O–H groups in total. The maximum atomic E-state index is 12.8. The number of benzene rings is 2. The van der Waals surface area contributed by atoms with Crippen LogP contribution in [-0.2, 0) is 19.4 Å². The molecular weight excluding hydrogens is 408 g/mol. The molecule has 0 aliphatic carbocycles. The molecule has 0 fully saturated rings. The summed E-state index contributed by atoms with van der Waals surface area (Å²) in [5.74, 6) is -1.45. The quantitative estimate of drug-likeness (QED) is 0.595. The zero-order valence-corrected chi connectivity index (χ0v) is 18.0. The molecular formula is C21H26N2O6S. The van der Waals surface area contributed by atoms with E-state index in [1.54, 1.807) is 62.4 Å². The predicted molar refractivity (Wildman–Crippen MR) is 116 cm³/mol. The summed E-state index contributed by atoms with van der Waals surface area (Å²) in [7, 11) is -2.61. The second-order valence-corrected chi connectivity index (χ2v) is 8.55. The molecule has 0 heterocycles. The summed E-state index contributed by atoms with van der Waals surface area (Å²) in [5.41, 5.74) is 0.722. The second kappa shape index (κ2) is 10.6. The van der Waals surface area contributed by atoms with Gasteiger partial charge in [0.05, 0.1) is 25.1 Å². The zero-order valence-electron chi connectivity index (χ0n) is 17.2. The summed E-state index contributed by atoms with van der Waals surface area (Å²) in [4.78, 5) is 25.0. The van der Waals surface area contributed by atoms with Crippen molar-refractivity contribution in [1.82, 2.24) is 0 Å². The fraction of sp³-hybridized carbons (Fsp3) is 0.333. The smallest absolute Gasteiger partial charge is 0.242 e. The van der Waals surface area contributed by atoms with Gasteiger partial charge in [0.15, 0.2) is 9.84 Å². The van der Waals surface area contributed by atoms with Crippen molar-refractivity contribution in [2.45, 2.75) is 25.5 Å². The van der Waals surface area contributed by atoms with Crippen molar-refractivity contribution in [3.63, 3.8) is 0 Å². The first-order valence-corrected chi connectivity index (χ1v) is 11.2. The number of hydrogen-bond donors (Lipinski definition) is 2. The Labute approximate surface area is 176 Å². The Morgan fingerprint density at radius 2 is 1.50 bits per heavy atom. The number of hydrogen-bond acceptors (Lipinski definition) is 6. The largest absolute Gasteiger partial charge is 0.495 e. The van der Waals surface area contributed by atoms with E-state index in [0.29, 0.717) is 29.5 Å². The van der Waals surface area contributed by atoms with Crippen LogP contribution in [0.4, 0.5) is 11.4 Å². The molecule has 1 unspecified atom stereocenters. The Bertz CT molecular complexity index is 990. The van der Waals surface area contributed by atoms with Crippen LogP contribution < -0.4 is 20.1 Å². The number of carbonyl (C=O) groups excluding carboxylic acids is 2. The molecule has 0 aromatic heterocycles. The molecule has 2 rings (SSSR count). The van der Waals surface area contributed by atoms with Crippen molar-refractivity contribution >= 4 is 33.0 Å². The molecule has 0 saturated heterocycles. The third-order valence-corrected chi connectivity index (χ3v) is 6.33. The summed E-state index contributed by atoms with van der Waals surface area (Å²) < 4.78 is 36.1. The standard InChI is InChI=1S/C21H26N2O6S/c1-4-19(21(25)23-15-10-6-8-12-17(15)28-3)30(26,27)14-20(24)22-16-11-7-9-13-18(16)29-5-2/h6-13,19H,4-5,14H2,1-3H3,(H,22,24)(H,23,25). The van der Waals surface area contributed by atoms with Crippen molar-refractivity contribution in [1.29, 1.82) is 0 Å². The fourth-order valence-corrected chi connectivity index (χ4v) is 4.42. The summed E-state index contributed by atoms with van der Waals surface area (Å²) in [6, 6.07) is 13.4. The van der Waals surface area contributed by atoms with Crippen LogP contribution in [0.25, 0.3) is 0 Å². The lowest BCUT2D eigenvalue weighted by Crippen LogP contribution is -2.39. The number of amides is 2. The van der Waals surface area contributed by atoms with Crippen LogP contribution in [0.3, 0.4) is 0 Å². The molecule has 162 valence electrons.